The molecule has 3 rings (SSSR count). The molecule has 2 aliphatic rings. The van der Waals surface area contributed by atoms with Crippen molar-refractivity contribution < 1.29 is 9.90 Å². The first-order valence-corrected chi connectivity index (χ1v) is 5.96. The fourth-order valence-corrected chi connectivity index (χ4v) is 3.49. The van der Waals surface area contributed by atoms with Gasteiger partial charge in [-0.3, -0.25) is 4.79 Å². The highest BCUT2D eigenvalue weighted by Gasteiger charge is 2.61. The average Bonchev–Trinajstić information content (AvgIpc) is 2.15. The lowest BCUT2D eigenvalue weighted by molar-refractivity contribution is -0.160. The summed E-state index contributed by atoms with van der Waals surface area (Å²) in [6.45, 7) is 0. The van der Waals surface area contributed by atoms with Gasteiger partial charge in [0.05, 0.1) is 5.41 Å². The van der Waals surface area contributed by atoms with Crippen molar-refractivity contribution in [2.45, 2.75) is 37.5 Å². The molecule has 84 valence electrons. The Labute approximate surface area is 95.3 Å². The smallest absolute Gasteiger partial charge is 0.314 e. The van der Waals surface area contributed by atoms with Gasteiger partial charge >= 0.3 is 5.97 Å². The predicted octanol–water partition coefficient (Wildman–Crippen LogP) is 2.97. The quantitative estimate of drug-likeness (QED) is 0.825. The minimum atomic E-state index is -0.642. The van der Waals surface area contributed by atoms with E-state index in [1.165, 1.54) is 19.3 Å². The largest absolute Gasteiger partial charge is 0.481 e. The van der Waals surface area contributed by atoms with Crippen LogP contribution < -0.4 is 0 Å². The number of aliphatic carboxylic acids is 1. The van der Waals surface area contributed by atoms with Gasteiger partial charge < -0.3 is 5.11 Å². The topological polar surface area (TPSA) is 37.3 Å². The molecule has 0 heterocycles. The minimum absolute atomic E-state index is 0.383. The van der Waals surface area contributed by atoms with Crippen molar-refractivity contribution in [3.05, 3.63) is 35.9 Å². The Morgan fingerprint density at radius 1 is 1.12 bits per heavy atom. The highest BCUT2D eigenvalue weighted by Crippen LogP contribution is 2.64. The molecule has 2 heteroatoms. The Balaban J connectivity index is 1.92. The second-order valence-corrected chi connectivity index (χ2v) is 5.46. The second-order valence-electron chi connectivity index (χ2n) is 5.46. The van der Waals surface area contributed by atoms with Crippen molar-refractivity contribution in [1.82, 2.24) is 0 Å². The molecule has 0 unspecified atom stereocenters. The highest BCUT2D eigenvalue weighted by molar-refractivity contribution is 5.83. The fourth-order valence-electron chi connectivity index (χ4n) is 3.49. The maximum Gasteiger partial charge on any atom is 0.314 e. The summed E-state index contributed by atoms with van der Waals surface area (Å²) in [5.74, 6) is -0.642. The second kappa shape index (κ2) is 3.09. The number of hydrogen-bond donors (Lipinski definition) is 1. The Kier molecular flexibility index (Phi) is 1.91. The first-order valence-electron chi connectivity index (χ1n) is 5.96. The van der Waals surface area contributed by atoms with E-state index in [2.05, 4.69) is 0 Å². The molecule has 0 atom stereocenters. The molecule has 1 aromatic rings. The van der Waals surface area contributed by atoms with E-state index in [0.29, 0.717) is 5.41 Å². The fraction of sp³-hybridized carbons (Fsp3) is 0.500. The van der Waals surface area contributed by atoms with Crippen LogP contribution in [0.15, 0.2) is 30.3 Å². The summed E-state index contributed by atoms with van der Waals surface area (Å²) in [5.41, 5.74) is 0.788. The maximum atomic E-state index is 11.5. The van der Waals surface area contributed by atoms with Gasteiger partial charge in [-0.15, -0.1) is 0 Å². The number of carboxylic acids is 1. The molecule has 2 aliphatic carbocycles. The van der Waals surface area contributed by atoms with Gasteiger partial charge in [-0.05, 0) is 36.7 Å². The summed E-state index contributed by atoms with van der Waals surface area (Å²) in [5, 5.41) is 9.49. The van der Waals surface area contributed by atoms with Gasteiger partial charge in [0, 0.05) is 0 Å². The summed E-state index contributed by atoms with van der Waals surface area (Å²) in [6, 6.07) is 9.73. The molecule has 1 aromatic carbocycles. The summed E-state index contributed by atoms with van der Waals surface area (Å²) in [4.78, 5) is 11.5. The van der Waals surface area contributed by atoms with E-state index in [-0.39, 0.29) is 0 Å². The zero-order valence-corrected chi connectivity index (χ0v) is 9.28. The van der Waals surface area contributed by atoms with E-state index in [9.17, 15) is 9.90 Å². The number of benzene rings is 1. The van der Waals surface area contributed by atoms with Gasteiger partial charge in [0.25, 0.3) is 0 Å². The molecule has 0 saturated heterocycles. The normalized spacial score (nSPS) is 24.5. The lowest BCUT2D eigenvalue weighted by atomic mass is 9.44. The van der Waals surface area contributed by atoms with Gasteiger partial charge in [-0.2, -0.15) is 0 Å². The van der Waals surface area contributed by atoms with Crippen molar-refractivity contribution in [1.29, 1.82) is 0 Å². The summed E-state index contributed by atoms with van der Waals surface area (Å²) < 4.78 is 0. The number of carbonyl (C=O) groups is 1. The van der Waals surface area contributed by atoms with Crippen LogP contribution in [-0.4, -0.2) is 11.1 Å². The van der Waals surface area contributed by atoms with Crippen LogP contribution in [0.2, 0.25) is 0 Å². The first kappa shape index (κ1) is 9.88. The zero-order valence-electron chi connectivity index (χ0n) is 9.28. The third-order valence-electron chi connectivity index (χ3n) is 4.50. The van der Waals surface area contributed by atoms with Crippen LogP contribution in [0.4, 0.5) is 0 Å². The molecule has 16 heavy (non-hydrogen) atoms. The molecular weight excluding hydrogens is 200 g/mol. The Bertz CT molecular complexity index is 410. The minimum Gasteiger partial charge on any atom is -0.481 e. The predicted molar refractivity (Wildman–Crippen MR) is 61.3 cm³/mol. The van der Waals surface area contributed by atoms with Gasteiger partial charge in [-0.25, -0.2) is 0 Å². The maximum absolute atomic E-state index is 11.5. The summed E-state index contributed by atoms with van der Waals surface area (Å²) in [6.07, 6.45) is 5.44. The van der Waals surface area contributed by atoms with Crippen LogP contribution in [0.3, 0.4) is 0 Å². The van der Waals surface area contributed by atoms with Crippen molar-refractivity contribution in [2.24, 2.45) is 5.41 Å². The van der Waals surface area contributed by atoms with Crippen molar-refractivity contribution in [3.63, 3.8) is 0 Å². The van der Waals surface area contributed by atoms with Crippen LogP contribution in [0, 0.1) is 5.41 Å². The average molecular weight is 216 g/mol. The molecule has 0 aliphatic heterocycles. The van der Waals surface area contributed by atoms with E-state index in [1.54, 1.807) is 0 Å². The van der Waals surface area contributed by atoms with E-state index in [0.717, 1.165) is 18.4 Å². The zero-order chi connectivity index (χ0) is 11.2. The summed E-state index contributed by atoms with van der Waals surface area (Å²) >= 11 is 0. The molecule has 0 amide bonds. The van der Waals surface area contributed by atoms with Crippen LogP contribution in [0.25, 0.3) is 0 Å². The van der Waals surface area contributed by atoms with Crippen LogP contribution in [0.5, 0.6) is 0 Å². The molecular formula is C14H16O2. The van der Waals surface area contributed by atoms with Crippen LogP contribution >= 0.6 is 0 Å². The SMILES string of the molecule is O=C(O)C1(c2ccccc2)CC2(CCC2)C1. The molecule has 1 N–H and O–H groups in total. The Morgan fingerprint density at radius 3 is 2.19 bits per heavy atom. The monoisotopic (exact) mass is 216 g/mol. The molecule has 2 saturated carbocycles. The highest BCUT2D eigenvalue weighted by atomic mass is 16.4. The lowest BCUT2D eigenvalue weighted by Gasteiger charge is -2.59. The molecule has 2 fully saturated rings. The molecule has 1 spiro atoms. The lowest BCUT2D eigenvalue weighted by Crippen LogP contribution is -2.57. The van der Waals surface area contributed by atoms with Crippen LogP contribution in [0.1, 0.15) is 37.7 Å². The van der Waals surface area contributed by atoms with Crippen molar-refractivity contribution in [2.75, 3.05) is 0 Å². The van der Waals surface area contributed by atoms with Crippen molar-refractivity contribution >= 4 is 5.97 Å². The third-order valence-corrected chi connectivity index (χ3v) is 4.50. The van der Waals surface area contributed by atoms with Gasteiger partial charge in [0.2, 0.25) is 0 Å². The van der Waals surface area contributed by atoms with Gasteiger partial charge in [0.15, 0.2) is 0 Å². The van der Waals surface area contributed by atoms with E-state index < -0.39 is 11.4 Å². The van der Waals surface area contributed by atoms with Gasteiger partial charge in [0.1, 0.15) is 0 Å². The molecule has 0 aromatic heterocycles. The molecule has 2 nitrogen and oxygen atoms in total. The molecule has 0 bridgehead atoms. The number of rotatable bonds is 2. The van der Waals surface area contributed by atoms with E-state index >= 15 is 0 Å². The standard InChI is InChI=1S/C14H16O2/c15-12(16)14(11-5-2-1-3-6-11)9-13(10-14)7-4-8-13/h1-3,5-6H,4,7-10H2,(H,15,16). The van der Waals surface area contributed by atoms with Crippen LogP contribution in [-0.2, 0) is 10.2 Å². The Morgan fingerprint density at radius 2 is 1.75 bits per heavy atom. The van der Waals surface area contributed by atoms with Crippen molar-refractivity contribution in [3.8, 4) is 0 Å². The number of hydrogen-bond acceptors (Lipinski definition) is 1. The van der Waals surface area contributed by atoms with Gasteiger partial charge in [-0.1, -0.05) is 36.8 Å². The third kappa shape index (κ3) is 1.16. The Hall–Kier alpha value is -1.31. The van der Waals surface area contributed by atoms with E-state index in [4.69, 9.17) is 0 Å². The first-order chi connectivity index (χ1) is 7.67. The number of carboxylic acid groups (broad SMARTS) is 1. The molecule has 0 radical (unpaired) electrons. The summed E-state index contributed by atoms with van der Waals surface area (Å²) in [7, 11) is 0. The van der Waals surface area contributed by atoms with E-state index in [1.807, 2.05) is 30.3 Å².